The molecule has 4 rings (SSSR count). The summed E-state index contributed by atoms with van der Waals surface area (Å²) in [6.45, 7) is 1.62. The number of thioether (sulfide) groups is 1. The summed E-state index contributed by atoms with van der Waals surface area (Å²) in [5.74, 6) is 0.492. The third kappa shape index (κ3) is 5.55. The van der Waals surface area contributed by atoms with Gasteiger partial charge in [-0.3, -0.25) is 9.69 Å². The summed E-state index contributed by atoms with van der Waals surface area (Å²) in [7, 11) is 3.05. The largest absolute Gasteiger partial charge is 0.497 e. The van der Waals surface area contributed by atoms with Crippen molar-refractivity contribution in [3.63, 3.8) is 0 Å². The van der Waals surface area contributed by atoms with Crippen LogP contribution in [0, 0.1) is 0 Å². The first-order valence-electron chi connectivity index (χ1n) is 10.9. The van der Waals surface area contributed by atoms with Gasteiger partial charge in [0.05, 0.1) is 37.6 Å². The first-order chi connectivity index (χ1) is 17.4. The molecule has 1 fully saturated rings. The maximum absolute atomic E-state index is 13.5. The van der Waals surface area contributed by atoms with Crippen molar-refractivity contribution in [3.05, 3.63) is 77.1 Å². The molecular weight excluding hydrogens is 484 g/mol. The fourth-order valence-corrected chi connectivity index (χ4v) is 4.35. The first kappa shape index (κ1) is 24.9. The Kier molecular flexibility index (Phi) is 7.65. The number of aliphatic imine (C=N–C) groups is 1. The van der Waals surface area contributed by atoms with Gasteiger partial charge in [0.25, 0.3) is 5.91 Å². The van der Waals surface area contributed by atoms with Crippen LogP contribution in [0.4, 0.5) is 5.69 Å². The molecular formula is C26H24N2O7S. The minimum atomic E-state index is -1.12. The summed E-state index contributed by atoms with van der Waals surface area (Å²) in [6, 6.07) is 15.8. The molecule has 1 amide bonds. The van der Waals surface area contributed by atoms with Crippen LogP contribution < -0.4 is 14.2 Å². The average Bonchev–Trinajstić information content (AvgIpc) is 3.49. The van der Waals surface area contributed by atoms with Crippen molar-refractivity contribution in [2.75, 3.05) is 14.2 Å². The number of nitrogens with zero attached hydrogens (tertiary/aromatic N) is 2. The number of carbonyl (C=O) groups is 2. The number of carbonyl (C=O) groups excluding carboxylic acids is 1. The molecule has 0 radical (unpaired) electrons. The number of furan rings is 1. The number of aliphatic carboxylic acids is 1. The number of amides is 1. The minimum Gasteiger partial charge on any atom is -0.497 e. The molecule has 36 heavy (non-hydrogen) atoms. The molecule has 1 aliphatic rings. The Morgan fingerprint density at radius 3 is 2.56 bits per heavy atom. The lowest BCUT2D eigenvalue weighted by atomic mass is 10.1. The highest BCUT2D eigenvalue weighted by Crippen LogP contribution is 2.39. The van der Waals surface area contributed by atoms with Crippen molar-refractivity contribution in [2.45, 2.75) is 19.6 Å². The Balaban J connectivity index is 1.72. The van der Waals surface area contributed by atoms with Gasteiger partial charge in [-0.25, -0.2) is 9.79 Å². The number of hydrogen-bond donors (Lipinski definition) is 1. The quantitative estimate of drug-likeness (QED) is 0.404. The van der Waals surface area contributed by atoms with Crippen molar-refractivity contribution < 1.29 is 33.3 Å². The number of hydrogen-bond acceptors (Lipinski definition) is 8. The maximum Gasteiger partial charge on any atom is 0.344 e. The van der Waals surface area contributed by atoms with Gasteiger partial charge in [0.1, 0.15) is 11.5 Å². The number of carboxylic acid groups (broad SMARTS) is 1. The summed E-state index contributed by atoms with van der Waals surface area (Å²) in [6.07, 6.45) is 2.07. The molecule has 0 aliphatic carbocycles. The first-order valence-corrected chi connectivity index (χ1v) is 11.7. The fourth-order valence-electron chi connectivity index (χ4n) is 3.36. The van der Waals surface area contributed by atoms with E-state index in [0.717, 1.165) is 0 Å². The number of methoxy groups -OCH3 is 2. The van der Waals surface area contributed by atoms with Gasteiger partial charge >= 0.3 is 5.97 Å². The third-order valence-corrected chi connectivity index (χ3v) is 6.24. The van der Waals surface area contributed by atoms with Gasteiger partial charge in [-0.05, 0) is 67.2 Å². The van der Waals surface area contributed by atoms with Gasteiger partial charge in [-0.15, -0.1) is 0 Å². The Hall–Kier alpha value is -4.18. The molecule has 1 aliphatic heterocycles. The topological polar surface area (TPSA) is 111 Å². The lowest BCUT2D eigenvalue weighted by Gasteiger charge is -2.16. The highest BCUT2D eigenvalue weighted by Gasteiger charge is 2.34. The monoisotopic (exact) mass is 508 g/mol. The second-order valence-corrected chi connectivity index (χ2v) is 8.66. The number of benzene rings is 2. The predicted molar refractivity (Wildman–Crippen MR) is 136 cm³/mol. The smallest absolute Gasteiger partial charge is 0.344 e. The van der Waals surface area contributed by atoms with E-state index in [1.54, 1.807) is 74.0 Å². The van der Waals surface area contributed by atoms with E-state index < -0.39 is 12.1 Å². The predicted octanol–water partition coefficient (Wildman–Crippen LogP) is 4.95. The SMILES string of the molecule is COc1ccc(N=C2S/C(=C\c3cccc(OC)c3O[C@@H](C)C(=O)O)C(=O)N2Cc2ccco2)cc1. The van der Waals surface area contributed by atoms with Crippen LogP contribution in [0.2, 0.25) is 0 Å². The summed E-state index contributed by atoms with van der Waals surface area (Å²) < 4.78 is 21.7. The van der Waals surface area contributed by atoms with Crippen LogP contribution in [-0.2, 0) is 16.1 Å². The van der Waals surface area contributed by atoms with Crippen LogP contribution in [0.1, 0.15) is 18.2 Å². The van der Waals surface area contributed by atoms with Gasteiger partial charge in [-0.1, -0.05) is 12.1 Å². The molecule has 0 bridgehead atoms. The van der Waals surface area contributed by atoms with Gasteiger partial charge in [0.2, 0.25) is 0 Å². The van der Waals surface area contributed by atoms with E-state index in [4.69, 9.17) is 18.6 Å². The lowest BCUT2D eigenvalue weighted by molar-refractivity contribution is -0.144. The molecule has 0 saturated carbocycles. The minimum absolute atomic E-state index is 0.197. The molecule has 0 spiro atoms. The number of amidine groups is 1. The van der Waals surface area contributed by atoms with Gasteiger partial charge in [-0.2, -0.15) is 0 Å². The van der Waals surface area contributed by atoms with Crippen LogP contribution in [0.3, 0.4) is 0 Å². The second-order valence-electron chi connectivity index (χ2n) is 7.65. The maximum atomic E-state index is 13.5. The van der Waals surface area contributed by atoms with E-state index in [9.17, 15) is 14.7 Å². The van der Waals surface area contributed by atoms with Crippen molar-refractivity contribution in [2.24, 2.45) is 4.99 Å². The number of rotatable bonds is 9. The Bertz CT molecular complexity index is 1300. The molecule has 186 valence electrons. The molecule has 1 atom stereocenters. The summed E-state index contributed by atoms with van der Waals surface area (Å²) >= 11 is 1.20. The van der Waals surface area contributed by atoms with Gasteiger partial charge in [0.15, 0.2) is 22.8 Å². The van der Waals surface area contributed by atoms with Crippen LogP contribution in [0.15, 0.2) is 75.2 Å². The zero-order valence-corrected chi connectivity index (χ0v) is 20.7. The van der Waals surface area contributed by atoms with E-state index in [1.807, 2.05) is 0 Å². The third-order valence-electron chi connectivity index (χ3n) is 5.24. The molecule has 1 N–H and O–H groups in total. The van der Waals surface area contributed by atoms with Crippen molar-refractivity contribution in [3.8, 4) is 17.2 Å². The zero-order chi connectivity index (χ0) is 25.7. The highest BCUT2D eigenvalue weighted by molar-refractivity contribution is 8.18. The Morgan fingerprint density at radius 2 is 1.92 bits per heavy atom. The fraction of sp³-hybridized carbons (Fsp3) is 0.192. The van der Waals surface area contributed by atoms with E-state index in [1.165, 1.54) is 30.7 Å². The number of para-hydroxylation sites is 1. The molecule has 3 aromatic rings. The molecule has 1 aromatic heterocycles. The highest BCUT2D eigenvalue weighted by atomic mass is 32.2. The van der Waals surface area contributed by atoms with Crippen molar-refractivity contribution in [1.29, 1.82) is 0 Å². The second kappa shape index (κ2) is 11.0. The van der Waals surface area contributed by atoms with Crippen molar-refractivity contribution in [1.82, 2.24) is 4.90 Å². The van der Waals surface area contributed by atoms with E-state index in [0.29, 0.717) is 38.6 Å². The molecule has 2 heterocycles. The lowest BCUT2D eigenvalue weighted by Crippen LogP contribution is -2.28. The zero-order valence-electron chi connectivity index (χ0n) is 19.8. The summed E-state index contributed by atoms with van der Waals surface area (Å²) in [5.41, 5.74) is 1.15. The van der Waals surface area contributed by atoms with Crippen LogP contribution in [-0.4, -0.2) is 47.4 Å². The number of ether oxygens (including phenoxy) is 3. The standard InChI is InChI=1S/C26H24N2O7S/c1-16(25(30)31)35-23-17(6-4-8-21(23)33-3)14-22-24(29)28(15-20-7-5-13-34-20)26(36-22)27-18-9-11-19(32-2)12-10-18/h4-14,16H,15H2,1-3H3,(H,30,31)/b22-14-,27-26?/t16-/m0/s1. The van der Waals surface area contributed by atoms with Crippen LogP contribution in [0.25, 0.3) is 6.08 Å². The van der Waals surface area contributed by atoms with E-state index >= 15 is 0 Å². The van der Waals surface area contributed by atoms with E-state index in [2.05, 4.69) is 4.99 Å². The van der Waals surface area contributed by atoms with Crippen LogP contribution in [0.5, 0.6) is 17.2 Å². The van der Waals surface area contributed by atoms with Crippen molar-refractivity contribution >= 4 is 40.6 Å². The van der Waals surface area contributed by atoms with Crippen LogP contribution >= 0.6 is 11.8 Å². The van der Waals surface area contributed by atoms with Gasteiger partial charge < -0.3 is 23.7 Å². The summed E-state index contributed by atoms with van der Waals surface area (Å²) in [5, 5.41) is 9.78. The number of carboxylic acids is 1. The molecule has 9 nitrogen and oxygen atoms in total. The Labute approximate surface area is 212 Å². The van der Waals surface area contributed by atoms with E-state index in [-0.39, 0.29) is 18.2 Å². The Morgan fingerprint density at radius 1 is 1.14 bits per heavy atom. The van der Waals surface area contributed by atoms with Gasteiger partial charge in [0, 0.05) is 5.56 Å². The normalized spacial score (nSPS) is 16.4. The average molecular weight is 509 g/mol. The summed E-state index contributed by atoms with van der Waals surface area (Å²) in [4.78, 5) is 31.4. The molecule has 2 aromatic carbocycles. The molecule has 0 unspecified atom stereocenters. The molecule has 1 saturated heterocycles. The molecule has 10 heteroatoms.